The summed E-state index contributed by atoms with van der Waals surface area (Å²) in [6.07, 6.45) is 5.36. The highest BCUT2D eigenvalue weighted by Crippen LogP contribution is 2.29. The van der Waals surface area contributed by atoms with Gasteiger partial charge < -0.3 is 9.84 Å². The van der Waals surface area contributed by atoms with E-state index in [1.54, 1.807) is 0 Å². The third kappa shape index (κ3) is 3.77. The second-order valence-electron chi connectivity index (χ2n) is 3.82. The molecule has 0 heterocycles. The van der Waals surface area contributed by atoms with Gasteiger partial charge in [-0.05, 0) is 12.3 Å². The second-order valence-corrected chi connectivity index (χ2v) is 3.82. The van der Waals surface area contributed by atoms with Crippen molar-refractivity contribution in [2.45, 2.75) is 44.6 Å². The van der Waals surface area contributed by atoms with Crippen LogP contribution in [0.25, 0.3) is 0 Å². The van der Waals surface area contributed by atoms with Crippen molar-refractivity contribution in [1.29, 1.82) is 0 Å². The van der Waals surface area contributed by atoms with E-state index in [1.165, 1.54) is 32.8 Å². The molecule has 76 valence electrons. The third-order valence-electron chi connectivity index (χ3n) is 2.71. The maximum Gasteiger partial charge on any atom is 0.308 e. The van der Waals surface area contributed by atoms with Crippen LogP contribution in [0, 0.1) is 5.92 Å². The summed E-state index contributed by atoms with van der Waals surface area (Å²) >= 11 is 0. The quantitative estimate of drug-likeness (QED) is 0.677. The average Bonchev–Trinajstić information content (AvgIpc) is 2.56. The zero-order valence-electron chi connectivity index (χ0n) is 8.16. The zero-order valence-corrected chi connectivity index (χ0v) is 8.16. The van der Waals surface area contributed by atoms with Crippen LogP contribution in [-0.2, 0) is 9.53 Å². The predicted molar refractivity (Wildman–Crippen MR) is 49.2 cm³/mol. The lowest BCUT2D eigenvalue weighted by atomic mass is 9.98. The first kappa shape index (κ1) is 10.5. The van der Waals surface area contributed by atoms with E-state index in [4.69, 9.17) is 0 Å². The molecule has 0 spiro atoms. The lowest BCUT2D eigenvalue weighted by molar-refractivity contribution is -0.143. The molecule has 1 aliphatic rings. The number of aliphatic hydroxyl groups is 1. The van der Waals surface area contributed by atoms with Crippen molar-refractivity contribution in [3.8, 4) is 0 Å². The highest BCUT2D eigenvalue weighted by molar-refractivity contribution is 5.69. The van der Waals surface area contributed by atoms with Crippen molar-refractivity contribution < 1.29 is 14.6 Å². The van der Waals surface area contributed by atoms with Gasteiger partial charge >= 0.3 is 5.97 Å². The number of carbonyl (C=O) groups is 1. The molecule has 1 N–H and O–H groups in total. The van der Waals surface area contributed by atoms with Crippen LogP contribution in [0.15, 0.2) is 0 Å². The maximum atomic E-state index is 10.8. The van der Waals surface area contributed by atoms with Gasteiger partial charge in [0.1, 0.15) is 0 Å². The summed E-state index contributed by atoms with van der Waals surface area (Å²) in [7, 11) is 1.35. The smallest absolute Gasteiger partial charge is 0.308 e. The first-order chi connectivity index (χ1) is 6.22. The molecular weight excluding hydrogens is 168 g/mol. The highest BCUT2D eigenvalue weighted by atomic mass is 16.5. The van der Waals surface area contributed by atoms with E-state index >= 15 is 0 Å². The summed E-state index contributed by atoms with van der Waals surface area (Å²) in [5.41, 5.74) is 0. The van der Waals surface area contributed by atoms with E-state index in [0.717, 1.165) is 6.42 Å². The topological polar surface area (TPSA) is 46.5 Å². The minimum Gasteiger partial charge on any atom is -0.469 e. The van der Waals surface area contributed by atoms with Crippen molar-refractivity contribution in [2.75, 3.05) is 7.11 Å². The van der Waals surface area contributed by atoms with Crippen LogP contribution in [0.2, 0.25) is 0 Å². The Kier molecular flexibility index (Phi) is 4.22. The summed E-state index contributed by atoms with van der Waals surface area (Å²) in [6.45, 7) is 0. The Bertz CT molecular complexity index is 162. The molecule has 1 fully saturated rings. The Balaban J connectivity index is 2.16. The predicted octanol–water partition coefficient (Wildman–Crippen LogP) is 1.49. The second kappa shape index (κ2) is 5.22. The number of esters is 1. The van der Waals surface area contributed by atoms with Crippen LogP contribution in [0.3, 0.4) is 0 Å². The number of rotatable bonds is 4. The van der Waals surface area contributed by atoms with Gasteiger partial charge in [0, 0.05) is 0 Å². The van der Waals surface area contributed by atoms with Gasteiger partial charge in [-0.3, -0.25) is 4.79 Å². The van der Waals surface area contributed by atoms with E-state index in [2.05, 4.69) is 4.74 Å². The van der Waals surface area contributed by atoms with Gasteiger partial charge in [-0.1, -0.05) is 25.7 Å². The molecule has 0 amide bonds. The van der Waals surface area contributed by atoms with Gasteiger partial charge in [-0.2, -0.15) is 0 Å². The summed E-state index contributed by atoms with van der Waals surface area (Å²) < 4.78 is 4.49. The van der Waals surface area contributed by atoms with Crippen LogP contribution in [0.5, 0.6) is 0 Å². The number of carbonyl (C=O) groups excluding carboxylic acids is 1. The number of hydrogen-bond acceptors (Lipinski definition) is 3. The first-order valence-corrected chi connectivity index (χ1v) is 4.97. The number of ether oxygens (including phenoxy) is 1. The summed E-state index contributed by atoms with van der Waals surface area (Å²) in [5, 5.41) is 9.51. The Hall–Kier alpha value is -0.570. The zero-order chi connectivity index (χ0) is 9.68. The average molecular weight is 186 g/mol. The Morgan fingerprint density at radius 3 is 2.69 bits per heavy atom. The van der Waals surface area contributed by atoms with E-state index in [1.807, 2.05) is 0 Å². The van der Waals surface area contributed by atoms with Crippen LogP contribution < -0.4 is 0 Å². The molecule has 1 saturated carbocycles. The van der Waals surface area contributed by atoms with Crippen molar-refractivity contribution >= 4 is 5.97 Å². The fourth-order valence-corrected chi connectivity index (χ4v) is 1.99. The number of methoxy groups -OCH3 is 1. The fraction of sp³-hybridized carbons (Fsp3) is 0.900. The molecule has 0 aromatic heterocycles. The summed E-state index contributed by atoms with van der Waals surface area (Å²) in [5.74, 6) is 0.310. The largest absolute Gasteiger partial charge is 0.469 e. The van der Waals surface area contributed by atoms with E-state index in [-0.39, 0.29) is 12.4 Å². The molecule has 0 aromatic carbocycles. The van der Waals surface area contributed by atoms with Gasteiger partial charge in [0.15, 0.2) is 0 Å². The molecule has 3 nitrogen and oxygen atoms in total. The minimum atomic E-state index is -0.504. The van der Waals surface area contributed by atoms with Crippen LogP contribution in [-0.4, -0.2) is 24.3 Å². The lowest BCUT2D eigenvalue weighted by Gasteiger charge is -2.13. The molecule has 1 rings (SSSR count). The first-order valence-electron chi connectivity index (χ1n) is 4.97. The standard InChI is InChI=1S/C10H18O3/c1-13-10(12)7-9(11)6-8-4-2-3-5-8/h8-9,11H,2-7H2,1H3. The number of aliphatic hydroxyl groups excluding tert-OH is 1. The number of hydrogen-bond donors (Lipinski definition) is 1. The van der Waals surface area contributed by atoms with Gasteiger partial charge in [0.2, 0.25) is 0 Å². The highest BCUT2D eigenvalue weighted by Gasteiger charge is 2.20. The van der Waals surface area contributed by atoms with Crippen LogP contribution in [0.4, 0.5) is 0 Å². The summed E-state index contributed by atoms with van der Waals surface area (Å²) in [6, 6.07) is 0. The Labute approximate surface area is 79.1 Å². The van der Waals surface area contributed by atoms with E-state index in [0.29, 0.717) is 5.92 Å². The molecule has 1 unspecified atom stereocenters. The normalized spacial score (nSPS) is 20.2. The molecule has 0 aliphatic heterocycles. The van der Waals surface area contributed by atoms with Crippen molar-refractivity contribution in [3.05, 3.63) is 0 Å². The molecule has 1 atom stereocenters. The molecule has 1 aliphatic carbocycles. The molecule has 13 heavy (non-hydrogen) atoms. The van der Waals surface area contributed by atoms with Gasteiger partial charge in [0.05, 0.1) is 19.6 Å². The van der Waals surface area contributed by atoms with E-state index in [9.17, 15) is 9.90 Å². The van der Waals surface area contributed by atoms with E-state index < -0.39 is 6.10 Å². The van der Waals surface area contributed by atoms with Gasteiger partial charge in [0.25, 0.3) is 0 Å². The third-order valence-corrected chi connectivity index (χ3v) is 2.71. The minimum absolute atomic E-state index is 0.146. The molecule has 0 radical (unpaired) electrons. The SMILES string of the molecule is COC(=O)CC(O)CC1CCCC1. The molecule has 0 bridgehead atoms. The van der Waals surface area contributed by atoms with Crippen molar-refractivity contribution in [3.63, 3.8) is 0 Å². The van der Waals surface area contributed by atoms with Crippen LogP contribution >= 0.6 is 0 Å². The molecular formula is C10H18O3. The van der Waals surface area contributed by atoms with Gasteiger partial charge in [-0.25, -0.2) is 0 Å². The van der Waals surface area contributed by atoms with Gasteiger partial charge in [-0.15, -0.1) is 0 Å². The molecule has 3 heteroatoms. The Morgan fingerprint density at radius 2 is 2.15 bits per heavy atom. The molecule has 0 aromatic rings. The van der Waals surface area contributed by atoms with Crippen molar-refractivity contribution in [1.82, 2.24) is 0 Å². The van der Waals surface area contributed by atoms with Crippen molar-refractivity contribution in [2.24, 2.45) is 5.92 Å². The van der Waals surface area contributed by atoms with Crippen LogP contribution in [0.1, 0.15) is 38.5 Å². The summed E-state index contributed by atoms with van der Waals surface area (Å²) in [4.78, 5) is 10.8. The Morgan fingerprint density at radius 1 is 1.54 bits per heavy atom. The monoisotopic (exact) mass is 186 g/mol. The lowest BCUT2D eigenvalue weighted by Crippen LogP contribution is -2.17. The molecule has 0 saturated heterocycles. The maximum absolute atomic E-state index is 10.8. The fourth-order valence-electron chi connectivity index (χ4n) is 1.99.